The summed E-state index contributed by atoms with van der Waals surface area (Å²) in [5.41, 5.74) is 1.14. The van der Waals surface area contributed by atoms with Crippen LogP contribution in [0.15, 0.2) is 46.7 Å². The van der Waals surface area contributed by atoms with Gasteiger partial charge in [0.05, 0.1) is 0 Å². The molecule has 5 nitrogen and oxygen atoms in total. The highest BCUT2D eigenvalue weighted by molar-refractivity contribution is 7.89. The average Bonchev–Trinajstić information content (AvgIpc) is 3.18. The van der Waals surface area contributed by atoms with E-state index in [-0.39, 0.29) is 21.6 Å². The Morgan fingerprint density at radius 3 is 2.54 bits per heavy atom. The predicted octanol–water partition coefficient (Wildman–Crippen LogP) is 3.46. The average molecular weight is 393 g/mol. The zero-order chi connectivity index (χ0) is 18.6. The van der Waals surface area contributed by atoms with Gasteiger partial charge in [-0.2, -0.15) is 4.31 Å². The largest absolute Gasteiger partial charge is 0.351 e. The lowest BCUT2D eigenvalue weighted by Gasteiger charge is -2.25. The van der Waals surface area contributed by atoms with Crippen molar-refractivity contribution >= 4 is 27.3 Å². The van der Waals surface area contributed by atoms with Crippen LogP contribution < -0.4 is 5.32 Å². The zero-order valence-electron chi connectivity index (χ0n) is 14.8. The van der Waals surface area contributed by atoms with Crippen LogP contribution in [0, 0.1) is 0 Å². The lowest BCUT2D eigenvalue weighted by Crippen LogP contribution is -2.36. The number of nitrogens with one attached hydrogen (secondary N) is 1. The van der Waals surface area contributed by atoms with E-state index < -0.39 is 10.0 Å². The van der Waals surface area contributed by atoms with E-state index in [2.05, 4.69) is 5.32 Å². The second-order valence-corrected chi connectivity index (χ2v) is 9.42. The van der Waals surface area contributed by atoms with Crippen molar-refractivity contribution in [1.29, 1.82) is 0 Å². The van der Waals surface area contributed by atoms with Crippen molar-refractivity contribution in [2.24, 2.45) is 0 Å². The van der Waals surface area contributed by atoms with Crippen molar-refractivity contribution in [1.82, 2.24) is 9.62 Å². The lowest BCUT2D eigenvalue weighted by molar-refractivity contribution is 0.0952. The van der Waals surface area contributed by atoms with Gasteiger partial charge >= 0.3 is 0 Å². The molecule has 1 atom stereocenters. The number of hydrogen-bond donors (Lipinski definition) is 1. The van der Waals surface area contributed by atoms with Crippen molar-refractivity contribution in [2.75, 3.05) is 19.6 Å². The van der Waals surface area contributed by atoms with Crippen LogP contribution in [0.4, 0.5) is 0 Å². The number of piperidine rings is 1. The fourth-order valence-corrected chi connectivity index (χ4v) is 5.97. The Kier molecular flexibility index (Phi) is 6.11. The highest BCUT2D eigenvalue weighted by atomic mass is 32.2. The van der Waals surface area contributed by atoms with Gasteiger partial charge < -0.3 is 5.32 Å². The summed E-state index contributed by atoms with van der Waals surface area (Å²) >= 11 is 1.18. The first kappa shape index (κ1) is 19.1. The van der Waals surface area contributed by atoms with Gasteiger partial charge in [0, 0.05) is 19.6 Å². The minimum absolute atomic E-state index is 0.134. The van der Waals surface area contributed by atoms with Crippen molar-refractivity contribution < 1.29 is 13.2 Å². The topological polar surface area (TPSA) is 66.5 Å². The van der Waals surface area contributed by atoms with E-state index in [1.54, 1.807) is 11.4 Å². The van der Waals surface area contributed by atoms with Gasteiger partial charge in [0.15, 0.2) is 0 Å². The third-order valence-corrected chi connectivity index (χ3v) is 7.69. The molecule has 0 radical (unpaired) electrons. The van der Waals surface area contributed by atoms with Crippen molar-refractivity contribution in [3.8, 4) is 0 Å². The van der Waals surface area contributed by atoms with Crippen LogP contribution in [-0.2, 0) is 10.0 Å². The summed E-state index contributed by atoms with van der Waals surface area (Å²) in [4.78, 5) is 13.0. The van der Waals surface area contributed by atoms with Crippen LogP contribution in [0.5, 0.6) is 0 Å². The standard InChI is InChI=1S/C19H24N2O3S2/c1-15(16-8-4-2-5-9-16)14-20-19(22)18-17(10-13-25-18)26(23,24)21-11-6-3-7-12-21/h2,4-5,8-10,13,15H,3,6-7,11-12,14H2,1H3,(H,20,22). The zero-order valence-corrected chi connectivity index (χ0v) is 16.5. The number of amides is 1. The third-order valence-electron chi connectivity index (χ3n) is 4.71. The van der Waals surface area contributed by atoms with Gasteiger partial charge in [0.2, 0.25) is 10.0 Å². The van der Waals surface area contributed by atoms with Crippen molar-refractivity contribution in [3.05, 3.63) is 52.2 Å². The highest BCUT2D eigenvalue weighted by Gasteiger charge is 2.31. The van der Waals surface area contributed by atoms with Crippen LogP contribution in [0.1, 0.15) is 47.3 Å². The van der Waals surface area contributed by atoms with E-state index in [0.717, 1.165) is 24.8 Å². The Balaban J connectivity index is 1.70. The third kappa shape index (κ3) is 4.16. The van der Waals surface area contributed by atoms with E-state index >= 15 is 0 Å². The van der Waals surface area contributed by atoms with Crippen LogP contribution >= 0.6 is 11.3 Å². The maximum absolute atomic E-state index is 12.9. The van der Waals surface area contributed by atoms with Gasteiger partial charge in [-0.3, -0.25) is 4.79 Å². The fourth-order valence-electron chi connectivity index (χ4n) is 3.14. The molecule has 2 heterocycles. The molecule has 1 aromatic carbocycles. The minimum atomic E-state index is -3.60. The van der Waals surface area contributed by atoms with E-state index in [0.29, 0.717) is 19.6 Å². The molecule has 1 aromatic heterocycles. The molecular weight excluding hydrogens is 368 g/mol. The molecule has 140 valence electrons. The summed E-state index contributed by atoms with van der Waals surface area (Å²) in [6.07, 6.45) is 2.80. The van der Waals surface area contributed by atoms with Crippen LogP contribution in [-0.4, -0.2) is 38.3 Å². The van der Waals surface area contributed by atoms with Crippen molar-refractivity contribution in [3.63, 3.8) is 0 Å². The Hall–Kier alpha value is -1.70. The quantitative estimate of drug-likeness (QED) is 0.819. The lowest BCUT2D eigenvalue weighted by atomic mass is 10.0. The molecule has 7 heteroatoms. The molecule has 1 saturated heterocycles. The number of carbonyl (C=O) groups excluding carboxylic acids is 1. The molecule has 1 unspecified atom stereocenters. The smallest absolute Gasteiger partial charge is 0.262 e. The number of hydrogen-bond acceptors (Lipinski definition) is 4. The van der Waals surface area contributed by atoms with E-state index in [1.807, 2.05) is 37.3 Å². The summed E-state index contributed by atoms with van der Waals surface area (Å²) < 4.78 is 27.3. The van der Waals surface area contributed by atoms with Gasteiger partial charge in [-0.05, 0) is 35.8 Å². The molecular formula is C19H24N2O3S2. The number of sulfonamides is 1. The highest BCUT2D eigenvalue weighted by Crippen LogP contribution is 2.27. The Morgan fingerprint density at radius 2 is 1.85 bits per heavy atom. The van der Waals surface area contributed by atoms with Crippen LogP contribution in [0.3, 0.4) is 0 Å². The molecule has 3 rings (SSSR count). The fraction of sp³-hybridized carbons (Fsp3) is 0.421. The minimum Gasteiger partial charge on any atom is -0.351 e. The van der Waals surface area contributed by atoms with Gasteiger partial charge in [-0.1, -0.05) is 43.7 Å². The van der Waals surface area contributed by atoms with Gasteiger partial charge in [-0.15, -0.1) is 11.3 Å². The van der Waals surface area contributed by atoms with Gasteiger partial charge in [-0.25, -0.2) is 8.42 Å². The number of carbonyl (C=O) groups is 1. The van der Waals surface area contributed by atoms with Crippen molar-refractivity contribution in [2.45, 2.75) is 37.0 Å². The number of thiophene rings is 1. The Bertz CT molecular complexity index is 841. The van der Waals surface area contributed by atoms with E-state index in [4.69, 9.17) is 0 Å². The predicted molar refractivity (Wildman–Crippen MR) is 104 cm³/mol. The van der Waals surface area contributed by atoms with Gasteiger partial charge in [0.25, 0.3) is 5.91 Å². The molecule has 0 aliphatic carbocycles. The summed E-state index contributed by atoms with van der Waals surface area (Å²) in [7, 11) is -3.60. The number of nitrogens with zero attached hydrogens (tertiary/aromatic N) is 1. The molecule has 1 fully saturated rings. The maximum atomic E-state index is 12.9. The summed E-state index contributed by atoms with van der Waals surface area (Å²) in [6.45, 7) is 3.56. The molecule has 26 heavy (non-hydrogen) atoms. The monoisotopic (exact) mass is 392 g/mol. The molecule has 1 aliphatic heterocycles. The Morgan fingerprint density at radius 1 is 1.15 bits per heavy atom. The van der Waals surface area contributed by atoms with Crippen LogP contribution in [0.25, 0.3) is 0 Å². The second-order valence-electron chi connectivity index (χ2n) is 6.60. The Labute approximate surface area is 159 Å². The molecule has 0 bridgehead atoms. The summed E-state index contributed by atoms with van der Waals surface area (Å²) in [5, 5.41) is 4.56. The number of benzene rings is 1. The first-order valence-electron chi connectivity index (χ1n) is 8.91. The van der Waals surface area contributed by atoms with E-state index in [1.165, 1.54) is 15.6 Å². The van der Waals surface area contributed by atoms with E-state index in [9.17, 15) is 13.2 Å². The molecule has 1 aliphatic rings. The molecule has 1 N–H and O–H groups in total. The first-order valence-corrected chi connectivity index (χ1v) is 11.2. The second kappa shape index (κ2) is 8.33. The molecule has 2 aromatic rings. The van der Waals surface area contributed by atoms with Gasteiger partial charge in [0.1, 0.15) is 9.77 Å². The molecule has 1 amide bonds. The molecule has 0 spiro atoms. The summed E-state index contributed by atoms with van der Waals surface area (Å²) in [6, 6.07) is 11.5. The molecule has 0 saturated carbocycles. The summed E-state index contributed by atoms with van der Waals surface area (Å²) in [5.74, 6) is -0.166. The maximum Gasteiger partial charge on any atom is 0.262 e. The van der Waals surface area contributed by atoms with Crippen LogP contribution in [0.2, 0.25) is 0 Å². The first-order chi connectivity index (χ1) is 12.5. The number of rotatable bonds is 6. The SMILES string of the molecule is CC(CNC(=O)c1sccc1S(=O)(=O)N1CCCCC1)c1ccccc1. The normalized spacial score (nSPS) is 17.0.